The summed E-state index contributed by atoms with van der Waals surface area (Å²) in [5.74, 6) is 0.768. The number of hydrogen-bond donors (Lipinski definition) is 1. The molecular weight excluding hydrogens is 604 g/mol. The van der Waals surface area contributed by atoms with Crippen LogP contribution in [0.15, 0.2) is 90.3 Å². The predicted molar refractivity (Wildman–Crippen MR) is 186 cm³/mol. The van der Waals surface area contributed by atoms with Crippen LogP contribution in [0.4, 0.5) is 5.69 Å². The Balaban J connectivity index is 1.46. The Kier molecular flexibility index (Phi) is 11.1. The molecular formula is C38H40N6O4. The average Bonchev–Trinajstić information content (AvgIpc) is 3.63. The van der Waals surface area contributed by atoms with Gasteiger partial charge < -0.3 is 15.1 Å². The highest BCUT2D eigenvalue weighted by Crippen LogP contribution is 2.33. The van der Waals surface area contributed by atoms with E-state index in [1.165, 1.54) is 9.80 Å². The number of likely N-dealkylation sites (tertiary alicyclic amines) is 2. The predicted octanol–water partition coefficient (Wildman–Crippen LogP) is 4.65. The van der Waals surface area contributed by atoms with E-state index in [0.29, 0.717) is 62.1 Å². The zero-order valence-corrected chi connectivity index (χ0v) is 27.3. The van der Waals surface area contributed by atoms with Gasteiger partial charge in [-0.15, -0.1) is 6.42 Å². The fraction of sp³-hybridized carbons (Fsp3) is 0.316. The van der Waals surface area contributed by atoms with Gasteiger partial charge in [0.2, 0.25) is 5.91 Å². The van der Waals surface area contributed by atoms with E-state index in [2.05, 4.69) is 21.2 Å². The average molecular weight is 645 g/mol. The molecule has 0 spiro atoms. The van der Waals surface area contributed by atoms with E-state index in [4.69, 9.17) is 6.42 Å². The van der Waals surface area contributed by atoms with Crippen molar-refractivity contribution < 1.29 is 19.2 Å². The molecule has 2 aliphatic rings. The minimum absolute atomic E-state index is 0.0388. The Hall–Kier alpha value is -5.56. The highest BCUT2D eigenvalue weighted by atomic mass is 16.2. The zero-order valence-electron chi connectivity index (χ0n) is 27.3. The summed E-state index contributed by atoms with van der Waals surface area (Å²) in [5, 5.41) is 3.17. The van der Waals surface area contributed by atoms with Gasteiger partial charge in [-0.3, -0.25) is 34.1 Å². The van der Waals surface area contributed by atoms with Crippen LogP contribution in [0.3, 0.4) is 0 Å². The third-order valence-corrected chi connectivity index (χ3v) is 8.83. The third kappa shape index (κ3) is 7.69. The molecule has 10 nitrogen and oxygen atoms in total. The molecule has 5 rings (SSSR count). The topological polar surface area (TPSA) is 115 Å². The van der Waals surface area contributed by atoms with E-state index in [0.717, 1.165) is 11.1 Å². The highest BCUT2D eigenvalue weighted by molar-refractivity contribution is 6.06. The Morgan fingerprint density at radius 2 is 1.71 bits per heavy atom. The van der Waals surface area contributed by atoms with Crippen LogP contribution < -0.4 is 10.2 Å². The zero-order chi connectivity index (χ0) is 34.0. The number of nitrogens with zero attached hydrogens (tertiary/aromatic N) is 5. The van der Waals surface area contributed by atoms with E-state index in [1.807, 2.05) is 44.2 Å². The molecule has 2 saturated heterocycles. The van der Waals surface area contributed by atoms with Gasteiger partial charge in [0.25, 0.3) is 17.7 Å². The maximum atomic E-state index is 14.6. The van der Waals surface area contributed by atoms with Crippen LogP contribution >= 0.6 is 0 Å². The first kappa shape index (κ1) is 33.8. The number of rotatable bonds is 9. The van der Waals surface area contributed by atoms with Gasteiger partial charge in [0.05, 0.1) is 0 Å². The Bertz CT molecular complexity index is 1710. The number of aromatic nitrogens is 1. The molecule has 1 aromatic heterocycles. The van der Waals surface area contributed by atoms with Crippen LogP contribution in [-0.4, -0.2) is 76.3 Å². The van der Waals surface area contributed by atoms with E-state index in [1.54, 1.807) is 66.1 Å². The van der Waals surface area contributed by atoms with E-state index in [-0.39, 0.29) is 17.9 Å². The molecule has 10 heteroatoms. The minimum Gasteiger partial charge on any atom is -0.351 e. The molecule has 246 valence electrons. The molecule has 1 N–H and O–H groups in total. The molecule has 48 heavy (non-hydrogen) atoms. The monoisotopic (exact) mass is 644 g/mol. The normalized spacial score (nSPS) is 17.5. The van der Waals surface area contributed by atoms with Gasteiger partial charge in [-0.25, -0.2) is 0 Å². The smallest absolute Gasteiger partial charge is 0.298 e. The summed E-state index contributed by atoms with van der Waals surface area (Å²) < 4.78 is 0. The van der Waals surface area contributed by atoms with Crippen molar-refractivity contribution in [1.29, 1.82) is 0 Å². The summed E-state index contributed by atoms with van der Waals surface area (Å²) >= 11 is 0. The summed E-state index contributed by atoms with van der Waals surface area (Å²) in [7, 11) is 0. The van der Waals surface area contributed by atoms with Crippen LogP contribution in [0.2, 0.25) is 0 Å². The number of amides is 4. The van der Waals surface area contributed by atoms with Crippen molar-refractivity contribution in [3.63, 3.8) is 0 Å². The number of terminal acetylenes is 1. The first-order chi connectivity index (χ1) is 23.3. The van der Waals surface area contributed by atoms with Gasteiger partial charge >= 0.3 is 0 Å². The SMILES string of the molecule is C#CC(=O)N1CCCC1C(=O)N(c1ccc(/C(C)=C/N=C\C)cc1)C(C(=O)NC1CCN(C(=O)c2ccccc2)CC1)c1cccnc1. The lowest BCUT2D eigenvalue weighted by atomic mass is 9.99. The van der Waals surface area contributed by atoms with E-state index in [9.17, 15) is 19.2 Å². The summed E-state index contributed by atoms with van der Waals surface area (Å²) in [6.45, 7) is 5.11. The van der Waals surface area contributed by atoms with Gasteiger partial charge in [-0.05, 0) is 86.9 Å². The van der Waals surface area contributed by atoms with Crippen molar-refractivity contribution in [2.45, 2.75) is 57.7 Å². The summed E-state index contributed by atoms with van der Waals surface area (Å²) in [6, 6.07) is 17.9. The molecule has 4 amide bonds. The van der Waals surface area contributed by atoms with Gasteiger partial charge in [0.1, 0.15) is 12.1 Å². The van der Waals surface area contributed by atoms with Crippen molar-refractivity contribution >= 4 is 41.1 Å². The van der Waals surface area contributed by atoms with Gasteiger partial charge in [0.15, 0.2) is 0 Å². The maximum Gasteiger partial charge on any atom is 0.298 e. The molecule has 0 aliphatic carbocycles. The number of carbonyl (C=O) groups excluding carboxylic acids is 4. The van der Waals surface area contributed by atoms with Crippen molar-refractivity contribution in [2.75, 3.05) is 24.5 Å². The van der Waals surface area contributed by atoms with Crippen LogP contribution in [0.1, 0.15) is 67.1 Å². The van der Waals surface area contributed by atoms with E-state index >= 15 is 0 Å². The van der Waals surface area contributed by atoms with Crippen LogP contribution in [-0.2, 0) is 14.4 Å². The van der Waals surface area contributed by atoms with Gasteiger partial charge in [0, 0.05) is 67.3 Å². The molecule has 2 aliphatic heterocycles. The Labute approximate surface area is 281 Å². The number of aliphatic imine (C=N–C) groups is 1. The summed E-state index contributed by atoms with van der Waals surface area (Å²) in [4.78, 5) is 67.9. The summed E-state index contributed by atoms with van der Waals surface area (Å²) in [5.41, 5.74) is 3.47. The van der Waals surface area contributed by atoms with Crippen molar-refractivity contribution in [1.82, 2.24) is 20.1 Å². The lowest BCUT2D eigenvalue weighted by Gasteiger charge is -2.37. The quantitative estimate of drug-likeness (QED) is 0.269. The van der Waals surface area contributed by atoms with Gasteiger partial charge in [-0.2, -0.15) is 0 Å². The lowest BCUT2D eigenvalue weighted by Crippen LogP contribution is -2.54. The fourth-order valence-electron chi connectivity index (χ4n) is 6.29. The molecule has 2 atom stereocenters. The molecule has 0 bridgehead atoms. The number of allylic oxidation sites excluding steroid dienone is 1. The van der Waals surface area contributed by atoms with Crippen LogP contribution in [0.25, 0.3) is 5.57 Å². The Morgan fingerprint density at radius 3 is 2.35 bits per heavy atom. The molecule has 3 heterocycles. The van der Waals surface area contributed by atoms with E-state index < -0.39 is 23.9 Å². The van der Waals surface area contributed by atoms with Gasteiger partial charge in [-0.1, -0.05) is 36.4 Å². The largest absolute Gasteiger partial charge is 0.351 e. The molecule has 2 unspecified atom stereocenters. The Morgan fingerprint density at radius 1 is 0.979 bits per heavy atom. The number of pyridine rings is 1. The standard InChI is InChI=1S/C38H40N6O4/c1-4-34(45)43-22-10-14-33(43)38(48)44(32-17-15-28(16-18-32)27(3)25-39-5-2)35(30-13-9-21-40-26-30)36(46)41-31-19-23-42(24-20-31)37(47)29-11-7-6-8-12-29/h1,5-9,11-13,15-18,21,25-26,31,33,35H,10,14,19-20,22-24H2,2-3H3,(H,41,46)/b27-25+,39-5-. The number of nitrogens with one attached hydrogen (secondary N) is 1. The second-order valence-electron chi connectivity index (χ2n) is 11.9. The second-order valence-corrected chi connectivity index (χ2v) is 11.9. The molecule has 2 fully saturated rings. The maximum absolute atomic E-state index is 14.6. The summed E-state index contributed by atoms with van der Waals surface area (Å²) in [6.07, 6.45) is 14.3. The fourth-order valence-corrected chi connectivity index (χ4v) is 6.29. The second kappa shape index (κ2) is 15.8. The number of benzene rings is 2. The van der Waals surface area contributed by atoms with Crippen LogP contribution in [0, 0.1) is 12.3 Å². The van der Waals surface area contributed by atoms with Crippen molar-refractivity contribution in [3.05, 3.63) is 102 Å². The molecule has 2 aromatic carbocycles. The highest BCUT2D eigenvalue weighted by Gasteiger charge is 2.42. The molecule has 3 aromatic rings. The molecule has 0 saturated carbocycles. The van der Waals surface area contributed by atoms with Crippen LogP contribution in [0.5, 0.6) is 0 Å². The third-order valence-electron chi connectivity index (χ3n) is 8.83. The van der Waals surface area contributed by atoms with Crippen molar-refractivity contribution in [3.8, 4) is 12.3 Å². The number of anilines is 1. The number of hydrogen-bond acceptors (Lipinski definition) is 6. The number of carbonyl (C=O) groups is 4. The molecule has 0 radical (unpaired) electrons. The van der Waals surface area contributed by atoms with Crippen molar-refractivity contribution in [2.24, 2.45) is 4.99 Å². The minimum atomic E-state index is -1.09. The first-order valence-electron chi connectivity index (χ1n) is 16.2. The lowest BCUT2D eigenvalue weighted by molar-refractivity contribution is -0.134. The first-order valence-corrected chi connectivity index (χ1v) is 16.2. The number of piperidine rings is 1.